The van der Waals surface area contributed by atoms with Crippen molar-refractivity contribution in [1.29, 1.82) is 0 Å². The van der Waals surface area contributed by atoms with Gasteiger partial charge in [-0.25, -0.2) is 4.98 Å². The van der Waals surface area contributed by atoms with Crippen LogP contribution in [0.4, 0.5) is 22.0 Å². The van der Waals surface area contributed by atoms with Crippen LogP contribution in [0.2, 0.25) is 0 Å². The molecule has 10 heteroatoms. The summed E-state index contributed by atoms with van der Waals surface area (Å²) < 4.78 is 63.9. The minimum atomic E-state index is -4.37. The number of rotatable bonds is 6. The van der Waals surface area contributed by atoms with Gasteiger partial charge in [0.15, 0.2) is 0 Å². The van der Waals surface area contributed by atoms with Gasteiger partial charge in [-0.05, 0) is 48.4 Å². The zero-order valence-corrected chi connectivity index (χ0v) is 16.6. The summed E-state index contributed by atoms with van der Waals surface area (Å²) in [5, 5.41) is 2.83. The summed E-state index contributed by atoms with van der Waals surface area (Å²) in [5.41, 5.74) is 0.0154. The van der Waals surface area contributed by atoms with E-state index in [4.69, 9.17) is 0 Å². The SMILES string of the molecule is O=C(NC1CCN(Cc2cccc(C(F)(F)F)c2)CC1)c1cccnc1SC(F)F. The summed E-state index contributed by atoms with van der Waals surface area (Å²) in [6.07, 6.45) is -1.79. The number of hydrogen-bond acceptors (Lipinski definition) is 4. The number of aromatic nitrogens is 1. The van der Waals surface area contributed by atoms with Gasteiger partial charge in [-0.3, -0.25) is 9.69 Å². The highest BCUT2D eigenvalue weighted by Gasteiger charge is 2.30. The highest BCUT2D eigenvalue weighted by atomic mass is 32.2. The number of thioether (sulfide) groups is 1. The van der Waals surface area contributed by atoms with Gasteiger partial charge in [0.2, 0.25) is 0 Å². The second-order valence-electron chi connectivity index (χ2n) is 6.96. The lowest BCUT2D eigenvalue weighted by atomic mass is 10.0. The van der Waals surface area contributed by atoms with E-state index in [0.717, 1.165) is 12.1 Å². The molecule has 4 nitrogen and oxygen atoms in total. The second-order valence-corrected chi connectivity index (χ2v) is 7.94. The van der Waals surface area contributed by atoms with E-state index >= 15 is 0 Å². The number of carbonyl (C=O) groups excluding carboxylic acids is 1. The molecule has 1 aliphatic heterocycles. The van der Waals surface area contributed by atoms with Gasteiger partial charge in [0, 0.05) is 31.9 Å². The molecule has 162 valence electrons. The average molecular weight is 445 g/mol. The smallest absolute Gasteiger partial charge is 0.349 e. The summed E-state index contributed by atoms with van der Waals surface area (Å²) in [7, 11) is 0. The van der Waals surface area contributed by atoms with Crippen LogP contribution in [0.15, 0.2) is 47.6 Å². The summed E-state index contributed by atoms with van der Waals surface area (Å²) in [6.45, 7) is 1.60. The number of pyridine rings is 1. The van der Waals surface area contributed by atoms with E-state index in [1.54, 1.807) is 6.07 Å². The number of amides is 1. The highest BCUT2D eigenvalue weighted by molar-refractivity contribution is 7.99. The maximum Gasteiger partial charge on any atom is 0.416 e. The van der Waals surface area contributed by atoms with E-state index in [-0.39, 0.29) is 28.4 Å². The van der Waals surface area contributed by atoms with Crippen molar-refractivity contribution in [3.05, 3.63) is 59.3 Å². The number of nitrogens with one attached hydrogen (secondary N) is 1. The van der Waals surface area contributed by atoms with E-state index in [1.165, 1.54) is 24.4 Å². The molecule has 0 spiro atoms. The van der Waals surface area contributed by atoms with Crippen LogP contribution < -0.4 is 5.32 Å². The van der Waals surface area contributed by atoms with Crippen LogP contribution in [0.5, 0.6) is 0 Å². The van der Waals surface area contributed by atoms with Crippen molar-refractivity contribution in [2.75, 3.05) is 13.1 Å². The summed E-state index contributed by atoms with van der Waals surface area (Å²) in [6, 6.07) is 8.09. The molecule has 1 N–H and O–H groups in total. The third-order valence-electron chi connectivity index (χ3n) is 4.80. The van der Waals surface area contributed by atoms with Crippen molar-refractivity contribution in [2.45, 2.75) is 42.4 Å². The molecule has 1 saturated heterocycles. The standard InChI is InChI=1S/C20H20F5N3OS/c21-19(22)30-18-16(5-2-8-26-18)17(29)27-15-6-9-28(10-7-15)12-13-3-1-4-14(11-13)20(23,24)25/h1-5,8,11,15,19H,6-7,9-10,12H2,(H,27,29). The largest absolute Gasteiger partial charge is 0.416 e. The maximum atomic E-state index is 12.9. The van der Waals surface area contributed by atoms with E-state index < -0.39 is 23.4 Å². The number of piperidine rings is 1. The van der Waals surface area contributed by atoms with Crippen molar-refractivity contribution in [1.82, 2.24) is 15.2 Å². The van der Waals surface area contributed by atoms with Crippen LogP contribution in [-0.4, -0.2) is 40.7 Å². The van der Waals surface area contributed by atoms with Crippen LogP contribution in [0.1, 0.15) is 34.3 Å². The van der Waals surface area contributed by atoms with Crippen LogP contribution in [0.25, 0.3) is 0 Å². The fourth-order valence-electron chi connectivity index (χ4n) is 3.34. The quantitative estimate of drug-likeness (QED) is 0.512. The zero-order chi connectivity index (χ0) is 21.7. The monoisotopic (exact) mass is 445 g/mol. The number of benzene rings is 1. The number of hydrogen-bond donors (Lipinski definition) is 1. The molecule has 0 aliphatic carbocycles. The first kappa shape index (κ1) is 22.5. The lowest BCUT2D eigenvalue weighted by Crippen LogP contribution is -2.44. The number of likely N-dealkylation sites (tertiary alicyclic amines) is 1. The molecule has 2 heterocycles. The minimum absolute atomic E-state index is 0.0213. The van der Waals surface area contributed by atoms with Crippen molar-refractivity contribution < 1.29 is 26.7 Å². The first-order valence-corrected chi connectivity index (χ1v) is 10.2. The predicted molar refractivity (Wildman–Crippen MR) is 103 cm³/mol. The van der Waals surface area contributed by atoms with Gasteiger partial charge in [-0.15, -0.1) is 0 Å². The molecule has 30 heavy (non-hydrogen) atoms. The van der Waals surface area contributed by atoms with Crippen molar-refractivity contribution in [2.24, 2.45) is 0 Å². The summed E-state index contributed by atoms with van der Waals surface area (Å²) in [4.78, 5) is 18.4. The van der Waals surface area contributed by atoms with Crippen LogP contribution in [0.3, 0.4) is 0 Å². The Morgan fingerprint density at radius 2 is 1.93 bits per heavy atom. The van der Waals surface area contributed by atoms with Crippen LogP contribution in [-0.2, 0) is 12.7 Å². The number of carbonyl (C=O) groups is 1. The summed E-state index contributed by atoms with van der Waals surface area (Å²) >= 11 is 0.226. The molecule has 1 aromatic heterocycles. The Kier molecular flexibility index (Phi) is 7.30. The number of halogens is 5. The first-order chi connectivity index (χ1) is 14.2. The van der Waals surface area contributed by atoms with Gasteiger partial charge in [0.25, 0.3) is 11.7 Å². The topological polar surface area (TPSA) is 45.2 Å². The Balaban J connectivity index is 1.54. The molecule has 1 fully saturated rings. The molecule has 3 rings (SSSR count). The Bertz CT molecular complexity index is 870. The van der Waals surface area contributed by atoms with E-state index in [1.807, 2.05) is 4.90 Å². The average Bonchev–Trinajstić information content (AvgIpc) is 2.69. The molecule has 0 saturated carbocycles. The predicted octanol–water partition coefficient (Wildman–Crippen LogP) is 4.81. The zero-order valence-electron chi connectivity index (χ0n) is 15.8. The molecule has 1 aliphatic rings. The van der Waals surface area contributed by atoms with Gasteiger partial charge in [0.05, 0.1) is 11.1 Å². The van der Waals surface area contributed by atoms with Crippen molar-refractivity contribution >= 4 is 17.7 Å². The lowest BCUT2D eigenvalue weighted by molar-refractivity contribution is -0.137. The summed E-state index contributed by atoms with van der Waals surface area (Å²) in [5.74, 6) is -3.13. The lowest BCUT2D eigenvalue weighted by Gasteiger charge is -2.32. The van der Waals surface area contributed by atoms with Gasteiger partial charge >= 0.3 is 6.18 Å². The van der Waals surface area contributed by atoms with E-state index in [0.29, 0.717) is 38.0 Å². The Labute approximate surface area is 174 Å². The van der Waals surface area contributed by atoms with Crippen LogP contribution >= 0.6 is 11.8 Å². The molecule has 2 aromatic rings. The van der Waals surface area contributed by atoms with Gasteiger partial charge in [-0.1, -0.05) is 18.2 Å². The Morgan fingerprint density at radius 3 is 2.60 bits per heavy atom. The van der Waals surface area contributed by atoms with Crippen molar-refractivity contribution in [3.63, 3.8) is 0 Å². The van der Waals surface area contributed by atoms with Gasteiger partial charge < -0.3 is 5.32 Å². The third kappa shape index (κ3) is 6.15. The normalized spacial score (nSPS) is 16.1. The van der Waals surface area contributed by atoms with Gasteiger partial charge in [-0.2, -0.15) is 22.0 Å². The molecule has 0 atom stereocenters. The van der Waals surface area contributed by atoms with Gasteiger partial charge in [0.1, 0.15) is 5.03 Å². The Morgan fingerprint density at radius 1 is 1.20 bits per heavy atom. The number of alkyl halides is 5. The Hall–Kier alpha value is -2.20. The maximum absolute atomic E-state index is 12.9. The van der Waals surface area contributed by atoms with Crippen molar-refractivity contribution in [3.8, 4) is 0 Å². The first-order valence-electron chi connectivity index (χ1n) is 9.31. The van der Waals surface area contributed by atoms with Crippen LogP contribution in [0, 0.1) is 0 Å². The molecular weight excluding hydrogens is 425 g/mol. The number of nitrogens with zero attached hydrogens (tertiary/aromatic N) is 2. The van der Waals surface area contributed by atoms with E-state index in [2.05, 4.69) is 10.3 Å². The molecule has 0 unspecified atom stereocenters. The molecule has 1 amide bonds. The third-order valence-corrected chi connectivity index (χ3v) is 5.53. The molecule has 0 bridgehead atoms. The molecule has 0 radical (unpaired) electrons. The fourth-order valence-corrected chi connectivity index (χ4v) is 3.92. The second kappa shape index (κ2) is 9.74. The molecular formula is C20H20F5N3OS. The van der Waals surface area contributed by atoms with E-state index in [9.17, 15) is 26.7 Å². The highest BCUT2D eigenvalue weighted by Crippen LogP contribution is 2.30. The fraction of sp³-hybridized carbons (Fsp3) is 0.400. The molecule has 1 aromatic carbocycles. The minimum Gasteiger partial charge on any atom is -0.349 e.